The van der Waals surface area contributed by atoms with Gasteiger partial charge in [-0.2, -0.15) is 4.99 Å². The normalized spacial score (nSPS) is 17.4. The first-order valence-corrected chi connectivity index (χ1v) is 6.88. The molecule has 0 spiro atoms. The van der Waals surface area contributed by atoms with Crippen LogP contribution in [0.1, 0.15) is 22.9 Å². The van der Waals surface area contributed by atoms with E-state index in [0.29, 0.717) is 11.8 Å². The van der Waals surface area contributed by atoms with Crippen molar-refractivity contribution in [3.05, 3.63) is 47.0 Å². The Morgan fingerprint density at radius 3 is 2.67 bits per heavy atom. The highest BCUT2D eigenvalue weighted by Gasteiger charge is 2.24. The minimum absolute atomic E-state index is 0.308. The summed E-state index contributed by atoms with van der Waals surface area (Å²) in [4.78, 5) is 10.7. The molecule has 2 heterocycles. The first-order valence-electron chi connectivity index (χ1n) is 6.88. The maximum Gasteiger partial charge on any atom is 0.199 e. The van der Waals surface area contributed by atoms with Gasteiger partial charge in [-0.05, 0) is 37.6 Å². The smallest absolute Gasteiger partial charge is 0.199 e. The van der Waals surface area contributed by atoms with Crippen molar-refractivity contribution in [2.24, 2.45) is 16.5 Å². The molecular formula is C16H19N5. The largest absolute Gasteiger partial charge is 0.369 e. The monoisotopic (exact) mass is 281 g/mol. The van der Waals surface area contributed by atoms with Gasteiger partial charge in [0.25, 0.3) is 0 Å². The van der Waals surface area contributed by atoms with Gasteiger partial charge in [0.1, 0.15) is 6.17 Å². The molecule has 4 N–H and O–H groups in total. The molecule has 21 heavy (non-hydrogen) atoms. The summed E-state index contributed by atoms with van der Waals surface area (Å²) in [6.07, 6.45) is -0.308. The van der Waals surface area contributed by atoms with Crippen molar-refractivity contribution >= 4 is 11.8 Å². The molecule has 2 aromatic rings. The molecule has 5 heteroatoms. The van der Waals surface area contributed by atoms with Crippen LogP contribution in [0.5, 0.6) is 0 Å². The van der Waals surface area contributed by atoms with Gasteiger partial charge in [0.2, 0.25) is 0 Å². The number of aliphatic imine (C=N–C) groups is 1. The maximum atomic E-state index is 6.15. The van der Waals surface area contributed by atoms with Crippen LogP contribution in [0.15, 0.2) is 35.3 Å². The number of pyridine rings is 1. The second kappa shape index (κ2) is 4.86. The fourth-order valence-corrected chi connectivity index (χ4v) is 2.48. The lowest BCUT2D eigenvalue weighted by Crippen LogP contribution is -2.43. The molecule has 3 rings (SSSR count). The van der Waals surface area contributed by atoms with Crippen LogP contribution in [0, 0.1) is 13.8 Å². The fraction of sp³-hybridized carbons (Fsp3) is 0.250. The number of benzene rings is 1. The van der Waals surface area contributed by atoms with Crippen molar-refractivity contribution in [3.63, 3.8) is 0 Å². The van der Waals surface area contributed by atoms with Gasteiger partial charge in [0.05, 0.1) is 5.69 Å². The quantitative estimate of drug-likeness (QED) is 0.840. The molecule has 0 fully saturated rings. The van der Waals surface area contributed by atoms with Gasteiger partial charge < -0.3 is 16.4 Å². The Hall–Kier alpha value is -2.40. The van der Waals surface area contributed by atoms with Crippen molar-refractivity contribution in [2.75, 3.05) is 7.05 Å². The predicted octanol–water partition coefficient (Wildman–Crippen LogP) is 2.21. The summed E-state index contributed by atoms with van der Waals surface area (Å²) in [6.45, 7) is 4.15. The van der Waals surface area contributed by atoms with E-state index in [9.17, 15) is 0 Å². The van der Waals surface area contributed by atoms with E-state index >= 15 is 0 Å². The number of hydrogen-bond donors (Lipinski definition) is 2. The standard InChI is InChI=1S/C16H19N5/c1-9-4-5-10(2)12(8-9)13-7-6-11-14(17)21(3)16(18)20-15(11)19-13/h4-8,14H,17H2,1-3H3,(H2,18,19,20). The van der Waals surface area contributed by atoms with Crippen LogP contribution >= 0.6 is 0 Å². The van der Waals surface area contributed by atoms with Crippen molar-refractivity contribution in [1.82, 2.24) is 9.88 Å². The first kappa shape index (κ1) is 13.6. The van der Waals surface area contributed by atoms with E-state index in [2.05, 4.69) is 42.0 Å². The number of nitrogens with two attached hydrogens (primary N) is 2. The Balaban J connectivity index is 2.14. The van der Waals surface area contributed by atoms with Crippen molar-refractivity contribution in [3.8, 4) is 11.3 Å². The number of hydrogen-bond acceptors (Lipinski definition) is 5. The third kappa shape index (κ3) is 2.25. The van der Waals surface area contributed by atoms with Gasteiger partial charge >= 0.3 is 0 Å². The topological polar surface area (TPSA) is 80.5 Å². The molecule has 0 saturated heterocycles. The molecule has 1 unspecified atom stereocenters. The molecule has 1 aromatic carbocycles. The van der Waals surface area contributed by atoms with Gasteiger partial charge in [-0.1, -0.05) is 17.7 Å². The zero-order chi connectivity index (χ0) is 15.1. The van der Waals surface area contributed by atoms with Gasteiger partial charge in [-0.15, -0.1) is 0 Å². The highest BCUT2D eigenvalue weighted by molar-refractivity contribution is 5.83. The maximum absolute atomic E-state index is 6.15. The summed E-state index contributed by atoms with van der Waals surface area (Å²) in [7, 11) is 1.82. The lowest BCUT2D eigenvalue weighted by Gasteiger charge is -2.30. The molecule has 1 aliphatic heterocycles. The Morgan fingerprint density at radius 1 is 1.14 bits per heavy atom. The van der Waals surface area contributed by atoms with Crippen LogP contribution in [0.4, 0.5) is 5.82 Å². The number of aromatic nitrogens is 1. The number of aryl methyl sites for hydroxylation is 2. The summed E-state index contributed by atoms with van der Waals surface area (Å²) >= 11 is 0. The SMILES string of the molecule is Cc1ccc(C)c(-c2ccc3c(n2)N=C(N)N(C)C3N)c1. The Kier molecular flexibility index (Phi) is 3.14. The van der Waals surface area contributed by atoms with Crippen LogP contribution in [-0.2, 0) is 0 Å². The number of nitrogens with zero attached hydrogens (tertiary/aromatic N) is 3. The highest BCUT2D eigenvalue weighted by Crippen LogP contribution is 2.32. The third-order valence-corrected chi connectivity index (χ3v) is 3.89. The summed E-state index contributed by atoms with van der Waals surface area (Å²) < 4.78 is 0. The van der Waals surface area contributed by atoms with Gasteiger partial charge in [-0.25, -0.2) is 4.98 Å². The van der Waals surface area contributed by atoms with Gasteiger partial charge in [-0.3, -0.25) is 0 Å². The van der Waals surface area contributed by atoms with Gasteiger partial charge in [0, 0.05) is 18.2 Å². The summed E-state index contributed by atoms with van der Waals surface area (Å²) in [5.74, 6) is 0.997. The summed E-state index contributed by atoms with van der Waals surface area (Å²) in [5, 5.41) is 0. The van der Waals surface area contributed by atoms with Gasteiger partial charge in [0.15, 0.2) is 11.8 Å². The minimum atomic E-state index is -0.308. The first-order chi connectivity index (χ1) is 9.97. The number of fused-ring (bicyclic) bond motifs is 1. The van der Waals surface area contributed by atoms with Crippen LogP contribution in [-0.4, -0.2) is 22.9 Å². The van der Waals surface area contributed by atoms with Crippen LogP contribution < -0.4 is 11.5 Å². The van der Waals surface area contributed by atoms with E-state index in [-0.39, 0.29) is 6.17 Å². The van der Waals surface area contributed by atoms with E-state index < -0.39 is 0 Å². The Morgan fingerprint density at radius 2 is 1.90 bits per heavy atom. The zero-order valence-corrected chi connectivity index (χ0v) is 12.5. The number of rotatable bonds is 1. The van der Waals surface area contributed by atoms with E-state index in [4.69, 9.17) is 11.5 Å². The third-order valence-electron chi connectivity index (χ3n) is 3.89. The Labute approximate surface area is 124 Å². The van der Waals surface area contributed by atoms with Crippen molar-refractivity contribution in [1.29, 1.82) is 0 Å². The summed E-state index contributed by atoms with van der Waals surface area (Å²) in [5.41, 5.74) is 17.3. The van der Waals surface area contributed by atoms with Crippen molar-refractivity contribution in [2.45, 2.75) is 20.0 Å². The van der Waals surface area contributed by atoms with E-state index in [1.165, 1.54) is 11.1 Å². The molecule has 1 aliphatic rings. The average Bonchev–Trinajstić information content (AvgIpc) is 2.47. The second-order valence-corrected chi connectivity index (χ2v) is 5.45. The molecule has 1 aromatic heterocycles. The molecule has 0 saturated carbocycles. The van der Waals surface area contributed by atoms with Crippen LogP contribution in [0.25, 0.3) is 11.3 Å². The molecule has 1 atom stereocenters. The molecule has 0 bridgehead atoms. The highest BCUT2D eigenvalue weighted by atomic mass is 15.3. The number of guanidine groups is 1. The molecule has 0 amide bonds. The van der Waals surface area contributed by atoms with E-state index in [0.717, 1.165) is 16.8 Å². The lowest BCUT2D eigenvalue weighted by molar-refractivity contribution is 0.374. The summed E-state index contributed by atoms with van der Waals surface area (Å²) in [6, 6.07) is 10.3. The predicted molar refractivity (Wildman–Crippen MR) is 85.1 cm³/mol. The molecular weight excluding hydrogens is 262 g/mol. The van der Waals surface area contributed by atoms with E-state index in [1.807, 2.05) is 19.2 Å². The second-order valence-electron chi connectivity index (χ2n) is 5.45. The molecule has 108 valence electrons. The Bertz CT molecular complexity index is 735. The fourth-order valence-electron chi connectivity index (χ4n) is 2.48. The average molecular weight is 281 g/mol. The van der Waals surface area contributed by atoms with E-state index in [1.54, 1.807) is 4.90 Å². The molecule has 0 aliphatic carbocycles. The van der Waals surface area contributed by atoms with Crippen molar-refractivity contribution < 1.29 is 0 Å². The molecule has 0 radical (unpaired) electrons. The van der Waals surface area contributed by atoms with Crippen LogP contribution in [0.3, 0.4) is 0 Å². The zero-order valence-electron chi connectivity index (χ0n) is 12.5. The van der Waals surface area contributed by atoms with Crippen LogP contribution in [0.2, 0.25) is 0 Å². The molecule has 5 nitrogen and oxygen atoms in total. The minimum Gasteiger partial charge on any atom is -0.369 e. The lowest BCUT2D eigenvalue weighted by atomic mass is 10.0.